The minimum absolute atomic E-state index is 0.0226. The zero-order valence-electron chi connectivity index (χ0n) is 17.8. The molecule has 2 aromatic carbocycles. The topological polar surface area (TPSA) is 70.7 Å². The maximum Gasteiger partial charge on any atom is 0.253 e. The van der Waals surface area contributed by atoms with Crippen molar-refractivity contribution in [1.82, 2.24) is 4.90 Å². The molecule has 6 heteroatoms. The third-order valence-corrected chi connectivity index (χ3v) is 4.37. The third-order valence-electron chi connectivity index (χ3n) is 4.37. The number of nitrogens with zero attached hydrogens (tertiary/aromatic N) is 1. The molecule has 0 saturated carbocycles. The number of amides is 2. The van der Waals surface area contributed by atoms with E-state index >= 15 is 0 Å². The molecule has 0 saturated heterocycles. The Morgan fingerprint density at radius 1 is 1.03 bits per heavy atom. The standard InChI is InChI=1S/C24H31N3O3/c1-4-15-27(16-5-2)24(29)19-11-13-20(14-12-19)26-23(28)18-25-21-9-7-8-10-22(21)30-17-6-3/h6-14,25H,3-5,15-18H2,1-2H3,(H,26,28). The molecule has 160 valence electrons. The van der Waals surface area contributed by atoms with E-state index in [2.05, 4.69) is 31.1 Å². The van der Waals surface area contributed by atoms with Gasteiger partial charge < -0.3 is 20.3 Å². The smallest absolute Gasteiger partial charge is 0.253 e. The van der Waals surface area contributed by atoms with Gasteiger partial charge in [-0.05, 0) is 49.2 Å². The molecule has 2 aromatic rings. The minimum atomic E-state index is -0.189. The summed E-state index contributed by atoms with van der Waals surface area (Å²) in [6.45, 7) is 9.74. The molecule has 0 aliphatic rings. The van der Waals surface area contributed by atoms with Gasteiger partial charge in [0.25, 0.3) is 5.91 Å². The Morgan fingerprint density at radius 2 is 1.70 bits per heavy atom. The van der Waals surface area contributed by atoms with Crippen LogP contribution in [0.4, 0.5) is 11.4 Å². The van der Waals surface area contributed by atoms with Crippen LogP contribution in [-0.2, 0) is 4.79 Å². The first-order valence-corrected chi connectivity index (χ1v) is 10.3. The lowest BCUT2D eigenvalue weighted by Gasteiger charge is -2.21. The number of benzene rings is 2. The first-order chi connectivity index (χ1) is 14.6. The Kier molecular flexibility index (Phi) is 9.45. The molecule has 0 heterocycles. The number of ether oxygens (including phenoxy) is 1. The van der Waals surface area contributed by atoms with Gasteiger partial charge in [0.2, 0.25) is 5.91 Å². The molecular weight excluding hydrogens is 378 g/mol. The average molecular weight is 410 g/mol. The van der Waals surface area contributed by atoms with Crippen LogP contribution in [0.2, 0.25) is 0 Å². The van der Waals surface area contributed by atoms with Gasteiger partial charge in [-0.15, -0.1) is 0 Å². The Labute approximate surface area is 178 Å². The summed E-state index contributed by atoms with van der Waals surface area (Å²) < 4.78 is 5.58. The SMILES string of the molecule is C=CCOc1ccccc1NCC(=O)Nc1ccc(C(=O)N(CCC)CCC)cc1. The number of hydrogen-bond acceptors (Lipinski definition) is 4. The van der Waals surface area contributed by atoms with Gasteiger partial charge in [0.05, 0.1) is 12.2 Å². The van der Waals surface area contributed by atoms with Gasteiger partial charge in [-0.1, -0.05) is 38.6 Å². The average Bonchev–Trinajstić information content (AvgIpc) is 2.76. The van der Waals surface area contributed by atoms with E-state index in [4.69, 9.17) is 4.74 Å². The van der Waals surface area contributed by atoms with Crippen LogP contribution in [0, 0.1) is 0 Å². The van der Waals surface area contributed by atoms with Crippen molar-refractivity contribution >= 4 is 23.2 Å². The quantitative estimate of drug-likeness (QED) is 0.504. The summed E-state index contributed by atoms with van der Waals surface area (Å²) in [5.74, 6) is 0.498. The van der Waals surface area contributed by atoms with Gasteiger partial charge >= 0.3 is 0 Å². The molecule has 0 atom stereocenters. The molecule has 0 unspecified atom stereocenters. The van der Waals surface area contributed by atoms with Crippen molar-refractivity contribution in [2.45, 2.75) is 26.7 Å². The number of nitrogens with one attached hydrogen (secondary N) is 2. The Bertz CT molecular complexity index is 828. The highest BCUT2D eigenvalue weighted by Crippen LogP contribution is 2.23. The predicted octanol–water partition coefficient (Wildman–Crippen LogP) is 4.56. The fraction of sp³-hybridized carbons (Fsp3) is 0.333. The second-order valence-corrected chi connectivity index (χ2v) is 6.87. The van der Waals surface area contributed by atoms with Gasteiger partial charge in [-0.25, -0.2) is 0 Å². The fourth-order valence-corrected chi connectivity index (χ4v) is 3.00. The van der Waals surface area contributed by atoms with E-state index in [1.165, 1.54) is 0 Å². The lowest BCUT2D eigenvalue weighted by atomic mass is 10.1. The van der Waals surface area contributed by atoms with Crippen molar-refractivity contribution in [2.24, 2.45) is 0 Å². The van der Waals surface area contributed by atoms with E-state index in [1.54, 1.807) is 30.3 Å². The van der Waals surface area contributed by atoms with Crippen LogP contribution in [0.5, 0.6) is 5.75 Å². The highest BCUT2D eigenvalue weighted by Gasteiger charge is 2.14. The number of hydrogen-bond donors (Lipinski definition) is 2. The van der Waals surface area contributed by atoms with Crippen LogP contribution in [0.25, 0.3) is 0 Å². The Balaban J connectivity index is 1.92. The normalized spacial score (nSPS) is 10.2. The molecule has 0 aromatic heterocycles. The van der Waals surface area contributed by atoms with Gasteiger partial charge in [-0.2, -0.15) is 0 Å². The summed E-state index contributed by atoms with van der Waals surface area (Å²) >= 11 is 0. The van der Waals surface area contributed by atoms with E-state index in [0.717, 1.165) is 31.6 Å². The lowest BCUT2D eigenvalue weighted by Crippen LogP contribution is -2.32. The summed E-state index contributed by atoms with van der Waals surface area (Å²) in [5.41, 5.74) is 2.01. The molecule has 0 fully saturated rings. The van der Waals surface area contributed by atoms with Crippen LogP contribution in [0.1, 0.15) is 37.0 Å². The maximum atomic E-state index is 12.6. The number of anilines is 2. The second-order valence-electron chi connectivity index (χ2n) is 6.87. The fourth-order valence-electron chi connectivity index (χ4n) is 3.00. The zero-order chi connectivity index (χ0) is 21.8. The summed E-state index contributed by atoms with van der Waals surface area (Å²) in [6.07, 6.45) is 3.52. The van der Waals surface area contributed by atoms with Crippen molar-refractivity contribution in [3.63, 3.8) is 0 Å². The number of para-hydroxylation sites is 2. The first kappa shape index (κ1) is 23.0. The number of carbonyl (C=O) groups is 2. The van der Waals surface area contributed by atoms with Gasteiger partial charge in [0.1, 0.15) is 12.4 Å². The van der Waals surface area contributed by atoms with E-state index < -0.39 is 0 Å². The van der Waals surface area contributed by atoms with Gasteiger partial charge in [-0.3, -0.25) is 9.59 Å². The highest BCUT2D eigenvalue weighted by molar-refractivity contribution is 5.96. The summed E-state index contributed by atoms with van der Waals surface area (Å²) in [7, 11) is 0. The molecule has 0 aliphatic carbocycles. The molecule has 2 rings (SSSR count). The predicted molar refractivity (Wildman–Crippen MR) is 122 cm³/mol. The molecule has 0 radical (unpaired) electrons. The maximum absolute atomic E-state index is 12.6. The van der Waals surface area contributed by atoms with Crippen molar-refractivity contribution in [2.75, 3.05) is 36.9 Å². The molecule has 30 heavy (non-hydrogen) atoms. The number of carbonyl (C=O) groups excluding carboxylic acids is 2. The molecule has 0 aliphatic heterocycles. The van der Waals surface area contributed by atoms with Gasteiger partial charge in [0.15, 0.2) is 0 Å². The molecule has 2 N–H and O–H groups in total. The molecule has 0 spiro atoms. The van der Waals surface area contributed by atoms with Crippen molar-refractivity contribution < 1.29 is 14.3 Å². The molecule has 2 amide bonds. The summed E-state index contributed by atoms with van der Waals surface area (Å²) in [4.78, 5) is 26.8. The van der Waals surface area contributed by atoms with E-state index in [9.17, 15) is 9.59 Å². The minimum Gasteiger partial charge on any atom is -0.487 e. The Morgan fingerprint density at radius 3 is 2.33 bits per heavy atom. The van der Waals surface area contributed by atoms with Crippen LogP contribution < -0.4 is 15.4 Å². The van der Waals surface area contributed by atoms with E-state index in [-0.39, 0.29) is 18.4 Å². The van der Waals surface area contributed by atoms with Crippen molar-refractivity contribution in [1.29, 1.82) is 0 Å². The summed E-state index contributed by atoms with van der Waals surface area (Å²) in [5, 5.41) is 5.92. The second kappa shape index (κ2) is 12.3. The van der Waals surface area contributed by atoms with Crippen molar-refractivity contribution in [3.8, 4) is 5.75 Å². The Hall–Kier alpha value is -3.28. The summed E-state index contributed by atoms with van der Waals surface area (Å²) in [6, 6.07) is 14.4. The largest absolute Gasteiger partial charge is 0.487 e. The first-order valence-electron chi connectivity index (χ1n) is 10.3. The zero-order valence-corrected chi connectivity index (χ0v) is 17.8. The molecular formula is C24H31N3O3. The number of rotatable bonds is 12. The van der Waals surface area contributed by atoms with E-state index in [1.807, 2.05) is 29.2 Å². The molecule has 0 bridgehead atoms. The van der Waals surface area contributed by atoms with Crippen LogP contribution in [0.3, 0.4) is 0 Å². The molecule has 6 nitrogen and oxygen atoms in total. The van der Waals surface area contributed by atoms with E-state index in [0.29, 0.717) is 23.6 Å². The van der Waals surface area contributed by atoms with Crippen LogP contribution in [-0.4, -0.2) is 43.0 Å². The third kappa shape index (κ3) is 6.95. The monoisotopic (exact) mass is 409 g/mol. The van der Waals surface area contributed by atoms with Gasteiger partial charge in [0, 0.05) is 24.3 Å². The van der Waals surface area contributed by atoms with Crippen LogP contribution >= 0.6 is 0 Å². The van der Waals surface area contributed by atoms with Crippen LogP contribution in [0.15, 0.2) is 61.2 Å². The lowest BCUT2D eigenvalue weighted by molar-refractivity contribution is -0.114. The highest BCUT2D eigenvalue weighted by atomic mass is 16.5. The van der Waals surface area contributed by atoms with Crippen molar-refractivity contribution in [3.05, 3.63) is 66.7 Å².